The van der Waals surface area contributed by atoms with E-state index >= 15 is 0 Å². The minimum Gasteiger partial charge on any atom is -0.397 e. The molecule has 0 aliphatic heterocycles. The van der Waals surface area contributed by atoms with Crippen LogP contribution >= 0.6 is 33.3 Å². The maximum atomic E-state index is 12.2. The first-order valence-electron chi connectivity index (χ1n) is 3.97. The maximum Gasteiger partial charge on any atom is 0.573 e. The summed E-state index contributed by atoms with van der Waals surface area (Å²) in [5, 5.41) is 10.7. The van der Waals surface area contributed by atoms with Crippen LogP contribution in [0.2, 0.25) is 0 Å². The van der Waals surface area contributed by atoms with Crippen LogP contribution in [0.25, 0.3) is 0 Å². The largest absolute Gasteiger partial charge is 0.573 e. The van der Waals surface area contributed by atoms with Gasteiger partial charge in [0.1, 0.15) is 0 Å². The topological polar surface area (TPSA) is 99.4 Å². The van der Waals surface area contributed by atoms with Crippen LogP contribution in [0.1, 0.15) is 0 Å². The monoisotopic (exact) mass is 432 g/mol. The quantitative estimate of drug-likeness (QED) is 0.239. The fourth-order valence-corrected chi connectivity index (χ4v) is 2.44. The van der Waals surface area contributed by atoms with Gasteiger partial charge >= 0.3 is 12.0 Å². The minimum absolute atomic E-state index is 0.443. The molecule has 0 atom stereocenters. The van der Waals surface area contributed by atoms with Crippen molar-refractivity contribution in [1.82, 2.24) is 4.98 Å². The Morgan fingerprint density at radius 3 is 2.37 bits per heavy atom. The molecule has 1 heterocycles. The molecule has 0 saturated carbocycles. The molecule has 1 rings (SSSR count). The van der Waals surface area contributed by atoms with E-state index in [1.54, 1.807) is 0 Å². The zero-order chi connectivity index (χ0) is 15.0. The predicted octanol–water partition coefficient (Wildman–Crippen LogP) is 2.42. The Kier molecular flexibility index (Phi) is 4.46. The average Bonchev–Trinajstić information content (AvgIpc) is 2.11. The third kappa shape index (κ3) is 4.04. The van der Waals surface area contributed by atoms with Gasteiger partial charge in [0, 0.05) is 10.7 Å². The second-order valence-electron chi connectivity index (χ2n) is 2.83. The van der Waals surface area contributed by atoms with Gasteiger partial charge in [0.2, 0.25) is 5.75 Å². The summed E-state index contributed by atoms with van der Waals surface area (Å²) in [5.74, 6) is -1.52. The van der Waals surface area contributed by atoms with E-state index in [1.165, 1.54) is 22.6 Å². The number of halogens is 5. The summed E-state index contributed by atoms with van der Waals surface area (Å²) in [7, 11) is 0.180. The van der Waals surface area contributed by atoms with Crippen molar-refractivity contribution in [2.45, 2.75) is 11.3 Å². The van der Waals surface area contributed by atoms with E-state index in [1.807, 2.05) is 0 Å². The predicted molar refractivity (Wildman–Crippen MR) is 63.3 cm³/mol. The first-order chi connectivity index (χ1) is 8.43. The maximum absolute atomic E-state index is 12.2. The molecular weight excluding hydrogens is 431 g/mol. The molecule has 0 unspecified atom stereocenters. The van der Waals surface area contributed by atoms with Crippen LogP contribution < -0.4 is 4.74 Å². The Bertz CT molecular complexity index is 634. The van der Waals surface area contributed by atoms with Crippen LogP contribution in [0, 0.1) is 13.8 Å². The molecule has 0 spiro atoms. The molecule has 106 valence electrons. The van der Waals surface area contributed by atoms with Gasteiger partial charge in [-0.2, -0.15) is 0 Å². The first-order valence-corrected chi connectivity index (χ1v) is 7.35. The van der Waals surface area contributed by atoms with E-state index in [4.69, 9.17) is 10.7 Å². The highest BCUT2D eigenvalue weighted by Gasteiger charge is 2.40. The molecule has 0 radical (unpaired) electrons. The lowest BCUT2D eigenvalue weighted by molar-refractivity contribution is -0.390. The van der Waals surface area contributed by atoms with Gasteiger partial charge < -0.3 is 4.74 Å². The lowest BCUT2D eigenvalue weighted by atomic mass is 10.4. The van der Waals surface area contributed by atoms with E-state index in [0.717, 1.165) is 0 Å². The highest BCUT2D eigenvalue weighted by atomic mass is 127. The Morgan fingerprint density at radius 1 is 1.47 bits per heavy atom. The lowest BCUT2D eigenvalue weighted by Gasteiger charge is -2.11. The van der Waals surface area contributed by atoms with Crippen molar-refractivity contribution in [3.63, 3.8) is 0 Å². The van der Waals surface area contributed by atoms with Crippen LogP contribution in [0.15, 0.2) is 11.1 Å². The number of nitrogens with zero attached hydrogens (tertiary/aromatic N) is 2. The smallest absolute Gasteiger partial charge is 0.397 e. The van der Waals surface area contributed by atoms with Gasteiger partial charge in [-0.25, -0.2) is 13.4 Å². The van der Waals surface area contributed by atoms with Gasteiger partial charge in [-0.15, -0.1) is 13.2 Å². The molecule has 0 N–H and O–H groups in total. The van der Waals surface area contributed by atoms with Gasteiger partial charge in [0.05, 0.1) is 11.1 Å². The van der Waals surface area contributed by atoms with E-state index in [9.17, 15) is 31.7 Å². The highest BCUT2D eigenvalue weighted by Crippen LogP contribution is 2.40. The number of nitro groups is 1. The fourth-order valence-electron chi connectivity index (χ4n) is 0.992. The van der Waals surface area contributed by atoms with Gasteiger partial charge in [0.25, 0.3) is 9.05 Å². The molecule has 0 bridgehead atoms. The van der Waals surface area contributed by atoms with Crippen molar-refractivity contribution < 1.29 is 31.2 Å². The van der Waals surface area contributed by atoms with Crippen molar-refractivity contribution >= 4 is 48.0 Å². The second kappa shape index (κ2) is 5.24. The zero-order valence-corrected chi connectivity index (χ0v) is 12.0. The van der Waals surface area contributed by atoms with Crippen LogP contribution in [0.3, 0.4) is 0 Å². The first kappa shape index (κ1) is 16.2. The summed E-state index contributed by atoms with van der Waals surface area (Å²) >= 11 is 1.26. The molecule has 1 aromatic heterocycles. The standard InChI is InChI=1S/C6HClF3IN2O5S/c7-19(16,17)2-1-12-5(11)3(13(14)15)4(2)18-6(8,9)10/h1H. The Hall–Kier alpha value is -0.890. The summed E-state index contributed by atoms with van der Waals surface area (Å²) in [6, 6.07) is 0. The number of hydrogen-bond donors (Lipinski definition) is 0. The minimum atomic E-state index is -5.33. The third-order valence-corrected chi connectivity index (χ3v) is 3.70. The van der Waals surface area contributed by atoms with E-state index in [2.05, 4.69) is 9.72 Å². The van der Waals surface area contributed by atoms with Crippen LogP contribution in [0.4, 0.5) is 18.9 Å². The number of rotatable bonds is 3. The van der Waals surface area contributed by atoms with Gasteiger partial charge in [-0.3, -0.25) is 10.1 Å². The lowest BCUT2D eigenvalue weighted by Crippen LogP contribution is -2.20. The van der Waals surface area contributed by atoms with E-state index in [0.29, 0.717) is 6.20 Å². The molecule has 13 heteroatoms. The van der Waals surface area contributed by atoms with Crippen molar-refractivity contribution in [2.24, 2.45) is 0 Å². The summed E-state index contributed by atoms with van der Waals surface area (Å²) in [4.78, 5) is 11.5. The number of aromatic nitrogens is 1. The van der Waals surface area contributed by atoms with Crippen LogP contribution in [0.5, 0.6) is 5.75 Å². The van der Waals surface area contributed by atoms with Gasteiger partial charge in [-0.1, -0.05) is 0 Å². The Labute approximate surface area is 121 Å². The third-order valence-electron chi connectivity index (χ3n) is 1.59. The summed E-state index contributed by atoms with van der Waals surface area (Å²) < 4.78 is 61.6. The SMILES string of the molecule is O=[N+]([O-])c1c(I)ncc(S(=O)(=O)Cl)c1OC(F)(F)F. The van der Waals surface area contributed by atoms with Crippen molar-refractivity contribution in [2.75, 3.05) is 0 Å². The van der Waals surface area contributed by atoms with E-state index in [-0.39, 0.29) is 0 Å². The molecule has 0 aromatic carbocycles. The molecule has 1 aromatic rings. The summed E-state index contributed by atoms with van der Waals surface area (Å²) in [5.41, 5.74) is -1.24. The number of hydrogen-bond acceptors (Lipinski definition) is 6. The molecular formula is C6HClF3IN2O5S. The average molecular weight is 433 g/mol. The molecule has 7 nitrogen and oxygen atoms in total. The second-order valence-corrected chi connectivity index (χ2v) is 6.39. The van der Waals surface area contributed by atoms with Crippen molar-refractivity contribution in [1.29, 1.82) is 0 Å². The molecule has 0 saturated heterocycles. The summed E-state index contributed by atoms with van der Waals surface area (Å²) in [6.07, 6.45) is -4.89. The fraction of sp³-hybridized carbons (Fsp3) is 0.167. The van der Waals surface area contributed by atoms with Crippen LogP contribution in [-0.4, -0.2) is 24.7 Å². The number of alkyl halides is 3. The molecule has 0 aliphatic rings. The Morgan fingerprint density at radius 2 is 2.00 bits per heavy atom. The van der Waals surface area contributed by atoms with Crippen molar-refractivity contribution in [3.05, 3.63) is 20.0 Å². The van der Waals surface area contributed by atoms with Crippen LogP contribution in [-0.2, 0) is 9.05 Å². The summed E-state index contributed by atoms with van der Waals surface area (Å²) in [6.45, 7) is 0. The normalized spacial score (nSPS) is 12.3. The van der Waals surface area contributed by atoms with E-state index < -0.39 is 40.4 Å². The molecule has 0 aliphatic carbocycles. The van der Waals surface area contributed by atoms with Crippen molar-refractivity contribution in [3.8, 4) is 5.75 Å². The molecule has 19 heavy (non-hydrogen) atoms. The van der Waals surface area contributed by atoms with Gasteiger partial charge in [-0.05, 0) is 22.6 Å². The number of ether oxygens (including phenoxy) is 1. The Balaban J connectivity index is 3.69. The number of pyridine rings is 1. The molecule has 0 amide bonds. The van der Waals surface area contributed by atoms with Gasteiger partial charge in [0.15, 0.2) is 8.60 Å². The highest BCUT2D eigenvalue weighted by molar-refractivity contribution is 14.1. The zero-order valence-electron chi connectivity index (χ0n) is 8.31. The molecule has 0 fully saturated rings.